The van der Waals surface area contributed by atoms with Crippen LogP contribution < -0.4 is 0 Å². The average Bonchev–Trinajstić information content (AvgIpc) is 2.04. The number of hydrogen-bond acceptors (Lipinski definition) is 1. The lowest BCUT2D eigenvalue weighted by atomic mass is 10.1. The Bertz CT molecular complexity index is 91.0. The summed E-state index contributed by atoms with van der Waals surface area (Å²) >= 11 is 0. The molecule has 12 heavy (non-hydrogen) atoms. The van der Waals surface area contributed by atoms with E-state index < -0.39 is 0 Å². The summed E-state index contributed by atoms with van der Waals surface area (Å²) in [6.07, 6.45) is 3.98. The monoisotopic (exact) mass is 171 g/mol. The molecule has 0 saturated carbocycles. The maximum absolute atomic E-state index is 2.56. The van der Waals surface area contributed by atoms with Crippen LogP contribution in [0.1, 0.15) is 47.0 Å². The van der Waals surface area contributed by atoms with Crippen molar-refractivity contribution in [3.05, 3.63) is 0 Å². The highest BCUT2D eigenvalue weighted by atomic mass is 15.1. The van der Waals surface area contributed by atoms with Gasteiger partial charge in [0.2, 0.25) is 0 Å². The van der Waals surface area contributed by atoms with Gasteiger partial charge in [0.15, 0.2) is 0 Å². The van der Waals surface area contributed by atoms with Crippen molar-refractivity contribution in [2.75, 3.05) is 19.6 Å². The fraction of sp³-hybridized carbons (Fsp3) is 1.00. The molecular weight excluding hydrogens is 146 g/mol. The molecule has 1 nitrogen and oxygen atoms in total. The van der Waals surface area contributed by atoms with Gasteiger partial charge in [-0.15, -0.1) is 0 Å². The standard InChI is InChI=1S/C11H25N/c1-5-8-11(4)10-12(7-3)9-6-2/h11H,5-10H2,1-4H3. The largest absolute Gasteiger partial charge is 0.303 e. The fourth-order valence-corrected chi connectivity index (χ4v) is 1.72. The van der Waals surface area contributed by atoms with Gasteiger partial charge >= 0.3 is 0 Å². The highest BCUT2D eigenvalue weighted by molar-refractivity contribution is 4.60. The van der Waals surface area contributed by atoms with Crippen LogP contribution in [-0.4, -0.2) is 24.5 Å². The molecule has 0 aliphatic carbocycles. The molecule has 1 atom stereocenters. The second kappa shape index (κ2) is 7.60. The Kier molecular flexibility index (Phi) is 7.58. The molecule has 0 aliphatic heterocycles. The SMILES string of the molecule is CCCC(C)CN(CC)CCC. The van der Waals surface area contributed by atoms with E-state index in [4.69, 9.17) is 0 Å². The van der Waals surface area contributed by atoms with E-state index in [0.717, 1.165) is 5.92 Å². The van der Waals surface area contributed by atoms with Crippen molar-refractivity contribution >= 4 is 0 Å². The van der Waals surface area contributed by atoms with Crippen LogP contribution in [0.5, 0.6) is 0 Å². The summed E-state index contributed by atoms with van der Waals surface area (Å²) in [6.45, 7) is 12.9. The van der Waals surface area contributed by atoms with E-state index in [1.54, 1.807) is 0 Å². The summed E-state index contributed by atoms with van der Waals surface area (Å²) in [5.41, 5.74) is 0. The molecule has 0 aromatic rings. The van der Waals surface area contributed by atoms with Gasteiger partial charge in [-0.2, -0.15) is 0 Å². The van der Waals surface area contributed by atoms with Crippen LogP contribution in [0.4, 0.5) is 0 Å². The second-order valence-corrected chi connectivity index (χ2v) is 3.79. The molecule has 0 rings (SSSR count). The highest BCUT2D eigenvalue weighted by Gasteiger charge is 2.06. The predicted molar refractivity (Wildman–Crippen MR) is 56.5 cm³/mol. The Hall–Kier alpha value is -0.0400. The molecule has 0 aromatic carbocycles. The van der Waals surface area contributed by atoms with Crippen molar-refractivity contribution in [1.29, 1.82) is 0 Å². The average molecular weight is 171 g/mol. The van der Waals surface area contributed by atoms with Gasteiger partial charge in [-0.25, -0.2) is 0 Å². The normalized spacial score (nSPS) is 13.8. The third kappa shape index (κ3) is 5.59. The minimum Gasteiger partial charge on any atom is -0.303 e. The number of nitrogens with zero attached hydrogens (tertiary/aromatic N) is 1. The third-order valence-electron chi connectivity index (χ3n) is 2.34. The summed E-state index contributed by atoms with van der Waals surface area (Å²) in [6, 6.07) is 0. The Labute approximate surface area is 78.1 Å². The van der Waals surface area contributed by atoms with E-state index in [2.05, 4.69) is 32.6 Å². The molecule has 0 radical (unpaired) electrons. The molecule has 0 saturated heterocycles. The minimum absolute atomic E-state index is 0.876. The van der Waals surface area contributed by atoms with Crippen molar-refractivity contribution in [3.63, 3.8) is 0 Å². The van der Waals surface area contributed by atoms with Gasteiger partial charge in [0.05, 0.1) is 0 Å². The summed E-state index contributed by atoms with van der Waals surface area (Å²) in [5, 5.41) is 0. The van der Waals surface area contributed by atoms with E-state index in [0.29, 0.717) is 0 Å². The lowest BCUT2D eigenvalue weighted by Gasteiger charge is -2.23. The molecule has 0 amide bonds. The molecule has 0 heterocycles. The van der Waals surface area contributed by atoms with Crippen molar-refractivity contribution in [1.82, 2.24) is 4.90 Å². The van der Waals surface area contributed by atoms with Crippen molar-refractivity contribution < 1.29 is 0 Å². The maximum Gasteiger partial charge on any atom is 0.000690 e. The van der Waals surface area contributed by atoms with Crippen LogP contribution in [0, 0.1) is 5.92 Å². The van der Waals surface area contributed by atoms with Crippen LogP contribution in [0.15, 0.2) is 0 Å². The van der Waals surface area contributed by atoms with Crippen LogP contribution >= 0.6 is 0 Å². The first-order valence-corrected chi connectivity index (χ1v) is 5.46. The van der Waals surface area contributed by atoms with Crippen molar-refractivity contribution in [2.24, 2.45) is 5.92 Å². The summed E-state index contributed by atoms with van der Waals surface area (Å²) in [7, 11) is 0. The van der Waals surface area contributed by atoms with Crippen LogP contribution in [0.25, 0.3) is 0 Å². The van der Waals surface area contributed by atoms with Crippen LogP contribution in [-0.2, 0) is 0 Å². The third-order valence-corrected chi connectivity index (χ3v) is 2.34. The lowest BCUT2D eigenvalue weighted by Crippen LogP contribution is -2.29. The van der Waals surface area contributed by atoms with Crippen LogP contribution in [0.3, 0.4) is 0 Å². The van der Waals surface area contributed by atoms with Gasteiger partial charge in [0, 0.05) is 6.54 Å². The summed E-state index contributed by atoms with van der Waals surface area (Å²) in [4.78, 5) is 2.56. The zero-order chi connectivity index (χ0) is 9.40. The second-order valence-electron chi connectivity index (χ2n) is 3.79. The molecule has 0 bridgehead atoms. The van der Waals surface area contributed by atoms with E-state index in [1.165, 1.54) is 38.9 Å². The highest BCUT2D eigenvalue weighted by Crippen LogP contribution is 2.07. The van der Waals surface area contributed by atoms with Gasteiger partial charge in [-0.05, 0) is 31.8 Å². The van der Waals surface area contributed by atoms with Crippen molar-refractivity contribution in [3.8, 4) is 0 Å². The van der Waals surface area contributed by atoms with E-state index in [1.807, 2.05) is 0 Å². The first kappa shape index (κ1) is 12.0. The Morgan fingerprint density at radius 1 is 1.08 bits per heavy atom. The lowest BCUT2D eigenvalue weighted by molar-refractivity contribution is 0.242. The Morgan fingerprint density at radius 2 is 1.75 bits per heavy atom. The van der Waals surface area contributed by atoms with E-state index in [-0.39, 0.29) is 0 Å². The fourth-order valence-electron chi connectivity index (χ4n) is 1.72. The molecule has 0 aromatic heterocycles. The van der Waals surface area contributed by atoms with Crippen molar-refractivity contribution in [2.45, 2.75) is 47.0 Å². The number of hydrogen-bond donors (Lipinski definition) is 0. The molecule has 0 aliphatic rings. The summed E-state index contributed by atoms with van der Waals surface area (Å²) in [5.74, 6) is 0.876. The van der Waals surface area contributed by atoms with E-state index in [9.17, 15) is 0 Å². The first-order valence-electron chi connectivity index (χ1n) is 5.46. The molecule has 0 N–H and O–H groups in total. The predicted octanol–water partition coefficient (Wildman–Crippen LogP) is 3.15. The minimum atomic E-state index is 0.876. The van der Waals surface area contributed by atoms with Gasteiger partial charge in [0.1, 0.15) is 0 Å². The maximum atomic E-state index is 2.56. The van der Waals surface area contributed by atoms with E-state index >= 15 is 0 Å². The molecule has 74 valence electrons. The quantitative estimate of drug-likeness (QED) is 0.569. The molecule has 0 fully saturated rings. The van der Waals surface area contributed by atoms with Crippen LogP contribution in [0.2, 0.25) is 0 Å². The molecular formula is C11H25N. The summed E-state index contributed by atoms with van der Waals surface area (Å²) < 4.78 is 0. The Balaban J connectivity index is 3.53. The zero-order valence-corrected chi connectivity index (χ0v) is 9.27. The number of rotatable bonds is 7. The van der Waals surface area contributed by atoms with Gasteiger partial charge in [-0.3, -0.25) is 0 Å². The Morgan fingerprint density at radius 3 is 2.17 bits per heavy atom. The van der Waals surface area contributed by atoms with Gasteiger partial charge in [0.25, 0.3) is 0 Å². The molecule has 1 heteroatoms. The zero-order valence-electron chi connectivity index (χ0n) is 9.27. The van der Waals surface area contributed by atoms with Gasteiger partial charge < -0.3 is 4.90 Å². The topological polar surface area (TPSA) is 3.24 Å². The molecule has 0 spiro atoms. The first-order chi connectivity index (χ1) is 5.74. The van der Waals surface area contributed by atoms with Gasteiger partial charge in [-0.1, -0.05) is 34.1 Å². The molecule has 1 unspecified atom stereocenters. The smallest absolute Gasteiger partial charge is 0.000690 e.